The van der Waals surface area contributed by atoms with Crippen LogP contribution in [0.3, 0.4) is 0 Å². The minimum atomic E-state index is -4.69. The quantitative estimate of drug-likeness (QED) is 0.625. The van der Waals surface area contributed by atoms with Crippen LogP contribution in [0.25, 0.3) is 0 Å². The number of hydrogen-bond acceptors (Lipinski definition) is 4. The predicted molar refractivity (Wildman–Crippen MR) is 83.7 cm³/mol. The summed E-state index contributed by atoms with van der Waals surface area (Å²) in [4.78, 5) is 21.7. The number of benzene rings is 2. The Morgan fingerprint density at radius 3 is 2.40 bits per heavy atom. The molecule has 0 atom stereocenters. The Hall–Kier alpha value is -2.81. The summed E-state index contributed by atoms with van der Waals surface area (Å²) in [7, 11) is 0. The van der Waals surface area contributed by atoms with Gasteiger partial charge in [-0.05, 0) is 30.3 Å². The number of nitro groups is 1. The largest absolute Gasteiger partial charge is 0.484 e. The maximum atomic E-state index is 12.9. The van der Waals surface area contributed by atoms with Crippen molar-refractivity contribution in [2.75, 3.05) is 11.9 Å². The van der Waals surface area contributed by atoms with E-state index in [2.05, 4.69) is 5.32 Å². The van der Waals surface area contributed by atoms with Crippen LogP contribution in [0.4, 0.5) is 24.5 Å². The number of amides is 1. The molecule has 1 N–H and O–H groups in total. The van der Waals surface area contributed by atoms with Crippen LogP contribution in [0.5, 0.6) is 5.75 Å². The van der Waals surface area contributed by atoms with Crippen molar-refractivity contribution < 1.29 is 27.6 Å². The van der Waals surface area contributed by atoms with Crippen molar-refractivity contribution in [2.24, 2.45) is 0 Å². The molecule has 0 saturated carbocycles. The van der Waals surface area contributed by atoms with E-state index in [1.165, 1.54) is 30.3 Å². The van der Waals surface area contributed by atoms with Crippen molar-refractivity contribution in [1.29, 1.82) is 0 Å². The zero-order chi connectivity index (χ0) is 18.6. The molecule has 1 amide bonds. The van der Waals surface area contributed by atoms with E-state index in [0.29, 0.717) is 6.07 Å². The molecule has 0 aliphatic rings. The fourth-order valence-corrected chi connectivity index (χ4v) is 2.03. The first-order valence-corrected chi connectivity index (χ1v) is 7.08. The van der Waals surface area contributed by atoms with E-state index >= 15 is 0 Å². The Morgan fingerprint density at radius 2 is 1.84 bits per heavy atom. The zero-order valence-electron chi connectivity index (χ0n) is 12.3. The molecule has 0 saturated heterocycles. The molecule has 0 heterocycles. The summed E-state index contributed by atoms with van der Waals surface area (Å²) in [5.74, 6) is -0.668. The van der Waals surface area contributed by atoms with Gasteiger partial charge in [-0.3, -0.25) is 14.9 Å². The highest BCUT2D eigenvalue weighted by atomic mass is 35.5. The molecule has 10 heteroatoms. The number of alkyl halides is 3. The van der Waals surface area contributed by atoms with Crippen LogP contribution in [0, 0.1) is 10.1 Å². The Morgan fingerprint density at radius 1 is 1.20 bits per heavy atom. The average Bonchev–Trinajstić information content (AvgIpc) is 2.54. The van der Waals surface area contributed by atoms with Crippen molar-refractivity contribution in [1.82, 2.24) is 0 Å². The van der Waals surface area contributed by atoms with Gasteiger partial charge in [-0.2, -0.15) is 13.2 Å². The van der Waals surface area contributed by atoms with Crippen molar-refractivity contribution in [3.05, 3.63) is 63.2 Å². The molecule has 132 valence electrons. The first-order valence-electron chi connectivity index (χ1n) is 6.70. The van der Waals surface area contributed by atoms with Gasteiger partial charge in [-0.15, -0.1) is 0 Å². The van der Waals surface area contributed by atoms with Gasteiger partial charge in [0.2, 0.25) is 0 Å². The van der Waals surface area contributed by atoms with E-state index in [1.54, 1.807) is 0 Å². The van der Waals surface area contributed by atoms with Gasteiger partial charge in [0.1, 0.15) is 5.75 Å². The topological polar surface area (TPSA) is 81.5 Å². The second-order valence-corrected chi connectivity index (χ2v) is 5.21. The number of rotatable bonds is 5. The van der Waals surface area contributed by atoms with Crippen LogP contribution in [0.1, 0.15) is 5.56 Å². The zero-order valence-corrected chi connectivity index (χ0v) is 13.1. The first kappa shape index (κ1) is 18.5. The van der Waals surface area contributed by atoms with Crippen LogP contribution in [-0.2, 0) is 11.0 Å². The number of carbonyl (C=O) groups is 1. The third kappa shape index (κ3) is 5.08. The lowest BCUT2D eigenvalue weighted by atomic mass is 10.1. The molecule has 2 aromatic rings. The highest BCUT2D eigenvalue weighted by Crippen LogP contribution is 2.36. The van der Waals surface area contributed by atoms with Crippen LogP contribution in [-0.4, -0.2) is 17.4 Å². The minimum absolute atomic E-state index is 0.118. The van der Waals surface area contributed by atoms with Crippen LogP contribution >= 0.6 is 11.6 Å². The van der Waals surface area contributed by atoms with Gasteiger partial charge in [0.15, 0.2) is 6.61 Å². The number of halogens is 4. The molecule has 2 rings (SSSR count). The van der Waals surface area contributed by atoms with E-state index in [0.717, 1.165) is 6.07 Å². The van der Waals surface area contributed by atoms with Crippen molar-refractivity contribution in [3.8, 4) is 5.75 Å². The smallest absolute Gasteiger partial charge is 0.418 e. The molecule has 6 nitrogen and oxygen atoms in total. The monoisotopic (exact) mass is 374 g/mol. The highest BCUT2D eigenvalue weighted by Gasteiger charge is 2.34. The Balaban J connectivity index is 2.02. The van der Waals surface area contributed by atoms with Crippen molar-refractivity contribution in [3.63, 3.8) is 0 Å². The molecule has 0 aliphatic carbocycles. The molecule has 0 radical (unpaired) electrons. The third-order valence-electron chi connectivity index (χ3n) is 2.98. The van der Waals surface area contributed by atoms with Crippen LogP contribution in [0.2, 0.25) is 5.02 Å². The number of nitrogens with one attached hydrogen (secondary N) is 1. The summed E-state index contributed by atoms with van der Waals surface area (Å²) in [6, 6.07) is 7.85. The highest BCUT2D eigenvalue weighted by molar-refractivity contribution is 6.30. The second kappa shape index (κ2) is 7.39. The van der Waals surface area contributed by atoms with E-state index in [-0.39, 0.29) is 16.5 Å². The molecule has 25 heavy (non-hydrogen) atoms. The summed E-state index contributed by atoms with van der Waals surface area (Å²) in [5, 5.41) is 12.5. The summed E-state index contributed by atoms with van der Waals surface area (Å²) in [6.07, 6.45) is -4.69. The molecular formula is C15H10ClF3N2O4. The van der Waals surface area contributed by atoms with E-state index in [4.69, 9.17) is 16.3 Å². The fourth-order valence-electron chi connectivity index (χ4n) is 1.86. The van der Waals surface area contributed by atoms with Crippen molar-refractivity contribution in [2.45, 2.75) is 6.18 Å². The summed E-state index contributed by atoms with van der Waals surface area (Å²) in [5.41, 5.74) is -1.69. The van der Waals surface area contributed by atoms with E-state index in [1.807, 2.05) is 0 Å². The van der Waals surface area contributed by atoms with Gasteiger partial charge in [0.25, 0.3) is 11.6 Å². The lowest BCUT2D eigenvalue weighted by molar-refractivity contribution is -0.384. The van der Waals surface area contributed by atoms with Gasteiger partial charge in [-0.1, -0.05) is 11.6 Å². The molecule has 0 fully saturated rings. The number of anilines is 1. The number of nitro benzene ring substituents is 1. The molecular weight excluding hydrogens is 365 g/mol. The third-order valence-corrected chi connectivity index (χ3v) is 3.21. The Kier molecular flexibility index (Phi) is 5.48. The number of carbonyl (C=O) groups excluding carboxylic acids is 1. The number of ether oxygens (including phenoxy) is 1. The molecule has 0 spiro atoms. The molecule has 0 unspecified atom stereocenters. The summed E-state index contributed by atoms with van der Waals surface area (Å²) in [6.45, 7) is -0.572. The fraction of sp³-hybridized carbons (Fsp3) is 0.133. The van der Waals surface area contributed by atoms with Crippen LogP contribution in [0.15, 0.2) is 42.5 Å². The SMILES string of the molecule is O=C(COc1ccc([N+](=O)[O-])cc1)Nc1ccc(Cl)cc1C(F)(F)F. The van der Waals surface area contributed by atoms with Gasteiger partial charge < -0.3 is 10.1 Å². The lowest BCUT2D eigenvalue weighted by Crippen LogP contribution is -2.22. The lowest BCUT2D eigenvalue weighted by Gasteiger charge is -2.14. The average molecular weight is 375 g/mol. The van der Waals surface area contributed by atoms with Gasteiger partial charge in [-0.25, -0.2) is 0 Å². The number of nitrogens with zero attached hydrogens (tertiary/aromatic N) is 1. The number of non-ortho nitro benzene ring substituents is 1. The van der Waals surface area contributed by atoms with Gasteiger partial charge >= 0.3 is 6.18 Å². The summed E-state index contributed by atoms with van der Waals surface area (Å²) >= 11 is 5.55. The maximum Gasteiger partial charge on any atom is 0.418 e. The Labute approximate surface area is 144 Å². The van der Waals surface area contributed by atoms with Crippen molar-refractivity contribution >= 4 is 28.9 Å². The molecule has 0 bridgehead atoms. The van der Waals surface area contributed by atoms with Gasteiger partial charge in [0, 0.05) is 17.2 Å². The normalized spacial score (nSPS) is 11.0. The number of hydrogen-bond donors (Lipinski definition) is 1. The van der Waals surface area contributed by atoms with E-state index < -0.39 is 34.9 Å². The predicted octanol–water partition coefficient (Wildman–Crippen LogP) is 4.28. The first-order chi connectivity index (χ1) is 11.7. The Bertz CT molecular complexity index is 794. The second-order valence-electron chi connectivity index (χ2n) is 4.78. The van der Waals surface area contributed by atoms with Gasteiger partial charge in [0.05, 0.1) is 16.2 Å². The van der Waals surface area contributed by atoms with Crippen LogP contribution < -0.4 is 10.1 Å². The molecule has 2 aromatic carbocycles. The molecule has 0 aromatic heterocycles. The van der Waals surface area contributed by atoms with E-state index in [9.17, 15) is 28.1 Å². The minimum Gasteiger partial charge on any atom is -0.484 e. The standard InChI is InChI=1S/C15H10ClF3N2O4/c16-9-1-6-13(12(7-9)15(17,18)19)20-14(22)8-25-11-4-2-10(3-5-11)21(23)24/h1-7H,8H2,(H,20,22). The summed E-state index contributed by atoms with van der Waals surface area (Å²) < 4.78 is 43.9. The molecule has 0 aliphatic heterocycles. The maximum absolute atomic E-state index is 12.9.